The summed E-state index contributed by atoms with van der Waals surface area (Å²) in [6.45, 7) is 0. The minimum atomic E-state index is 0.692. The number of rotatable bonds is 2. The summed E-state index contributed by atoms with van der Waals surface area (Å²) in [5.41, 5.74) is 1.58. The molecule has 48 valence electrons. The van der Waals surface area contributed by atoms with E-state index in [4.69, 9.17) is 0 Å². The third kappa shape index (κ3) is 1.21. The summed E-state index contributed by atoms with van der Waals surface area (Å²) in [7, 11) is 3.58. The Balaban J connectivity index is 3.20. The predicted octanol–water partition coefficient (Wildman–Crippen LogP) is 0.550. The van der Waals surface area contributed by atoms with Crippen molar-refractivity contribution < 1.29 is 4.79 Å². The van der Waals surface area contributed by atoms with Crippen molar-refractivity contribution in [3.63, 3.8) is 0 Å². The van der Waals surface area contributed by atoms with Crippen molar-refractivity contribution in [3.8, 4) is 0 Å². The summed E-state index contributed by atoms with van der Waals surface area (Å²) in [6, 6.07) is 7.33. The molecule has 0 radical (unpaired) electrons. The van der Waals surface area contributed by atoms with Gasteiger partial charge >= 0.3 is 59.9 Å². The average molecular weight is 130 g/mol. The first-order chi connectivity index (χ1) is 4.88. The number of hydrogen-bond donors (Lipinski definition) is 0. The van der Waals surface area contributed by atoms with Gasteiger partial charge in [0.25, 0.3) is 0 Å². The number of carbonyl (C=O) groups is 1. The molecule has 10 heavy (non-hydrogen) atoms. The van der Waals surface area contributed by atoms with Crippen molar-refractivity contribution in [2.45, 2.75) is 0 Å². The molecule has 2 heteroatoms. The van der Waals surface area contributed by atoms with Crippen LogP contribution in [0.2, 0.25) is 0 Å². The Morgan fingerprint density at radius 1 is 1.20 bits per heavy atom. The molecule has 0 fully saturated rings. The summed E-state index contributed by atoms with van der Waals surface area (Å²) in [6.07, 6.45) is 0.830. The molecule has 0 bridgehead atoms. The van der Waals surface area contributed by atoms with Crippen LogP contribution in [0.25, 0.3) is 0 Å². The number of aldehydes is 1. The van der Waals surface area contributed by atoms with Gasteiger partial charge in [-0.2, -0.15) is 0 Å². The van der Waals surface area contributed by atoms with Crippen LogP contribution in [0, 0.1) is 0 Å². The summed E-state index contributed by atoms with van der Waals surface area (Å²) in [5.74, 6) is 1.67. The van der Waals surface area contributed by atoms with E-state index in [0.29, 0.717) is 5.56 Å². The van der Waals surface area contributed by atoms with E-state index >= 15 is 0 Å². The van der Waals surface area contributed by atoms with E-state index in [9.17, 15) is 4.79 Å². The zero-order chi connectivity index (χ0) is 7.40. The summed E-state index contributed by atoms with van der Waals surface area (Å²) in [4.78, 5) is 10.3. The molecule has 1 aromatic carbocycles. The first-order valence-electron chi connectivity index (χ1n) is 3.05. The van der Waals surface area contributed by atoms with Crippen LogP contribution in [-0.2, 0) is 0 Å². The molecular weight excluding hydrogens is 123 g/mol. The van der Waals surface area contributed by atoms with Gasteiger partial charge in [-0.15, -0.1) is 0 Å². The number of hydrogen-bond acceptors (Lipinski definition) is 1. The van der Waals surface area contributed by atoms with Crippen LogP contribution in [0.1, 0.15) is 15.9 Å². The van der Waals surface area contributed by atoms with Crippen LogP contribution in [0.3, 0.4) is 0 Å². The Hall–Kier alpha value is -1.18. The molecule has 0 atom stereocenters. The Morgan fingerprint density at radius 2 is 1.80 bits per heavy atom. The molecule has 0 unspecified atom stereocenters. The van der Waals surface area contributed by atoms with E-state index < -0.39 is 0 Å². The molecule has 0 aliphatic heterocycles. The van der Waals surface area contributed by atoms with Gasteiger partial charge in [0.1, 0.15) is 0 Å². The van der Waals surface area contributed by atoms with Crippen LogP contribution in [0.4, 0.5) is 0 Å². The first kappa shape index (κ1) is 6.94. The fourth-order valence-electron chi connectivity index (χ4n) is 0.804. The van der Waals surface area contributed by atoms with Crippen molar-refractivity contribution in [3.05, 3.63) is 35.4 Å². The van der Waals surface area contributed by atoms with Gasteiger partial charge < -0.3 is 0 Å². The first-order valence-corrected chi connectivity index (χ1v) is 3.05. The second kappa shape index (κ2) is 3.11. The van der Waals surface area contributed by atoms with Crippen LogP contribution < -0.4 is 0 Å². The van der Waals surface area contributed by atoms with Gasteiger partial charge in [-0.25, -0.2) is 0 Å². The van der Waals surface area contributed by atoms with Gasteiger partial charge in [0.15, 0.2) is 0 Å². The normalized spacial score (nSPS) is 8.70. The van der Waals surface area contributed by atoms with E-state index in [1.54, 1.807) is 12.0 Å². The molecule has 0 heterocycles. The number of benzene rings is 1. The third-order valence-corrected chi connectivity index (χ3v) is 1.34. The molecule has 0 saturated heterocycles. The Morgan fingerprint density at radius 3 is 2.20 bits per heavy atom. The van der Waals surface area contributed by atoms with E-state index in [-0.39, 0.29) is 0 Å². The summed E-state index contributed by atoms with van der Waals surface area (Å²) in [5, 5.41) is 0. The van der Waals surface area contributed by atoms with E-state index in [2.05, 4.69) is 7.49 Å². The van der Waals surface area contributed by atoms with Gasteiger partial charge in [0, 0.05) is 0 Å². The Bertz CT molecular complexity index is 228. The standard InChI is InChI=1S/C8H7BO/c9-5-7-3-1-2-4-8(7)6-10/h1-6,9H. The molecule has 0 spiro atoms. The Labute approximate surface area is 60.8 Å². The fourth-order valence-corrected chi connectivity index (χ4v) is 0.804. The van der Waals surface area contributed by atoms with Crippen LogP contribution in [0.15, 0.2) is 24.3 Å². The van der Waals surface area contributed by atoms with Crippen molar-refractivity contribution >= 4 is 19.7 Å². The molecule has 0 N–H and O–H groups in total. The van der Waals surface area contributed by atoms with Crippen molar-refractivity contribution in [1.82, 2.24) is 0 Å². The van der Waals surface area contributed by atoms with Crippen molar-refractivity contribution in [2.75, 3.05) is 0 Å². The van der Waals surface area contributed by atoms with E-state index in [1.807, 2.05) is 18.2 Å². The SMILES string of the molecule is B=Cc1ccccc1C=O. The van der Waals surface area contributed by atoms with Crippen molar-refractivity contribution in [1.29, 1.82) is 0 Å². The summed E-state index contributed by atoms with van der Waals surface area (Å²) < 4.78 is 0. The van der Waals surface area contributed by atoms with Crippen LogP contribution in [0.5, 0.6) is 0 Å². The van der Waals surface area contributed by atoms with E-state index in [0.717, 1.165) is 11.8 Å². The van der Waals surface area contributed by atoms with Gasteiger partial charge in [-0.05, 0) is 0 Å². The van der Waals surface area contributed by atoms with Gasteiger partial charge in [0.05, 0.1) is 0 Å². The van der Waals surface area contributed by atoms with Gasteiger partial charge in [-0.1, -0.05) is 0 Å². The third-order valence-electron chi connectivity index (χ3n) is 1.34. The molecule has 1 aromatic rings. The molecule has 0 aliphatic carbocycles. The van der Waals surface area contributed by atoms with Crippen LogP contribution >= 0.6 is 0 Å². The quantitative estimate of drug-likeness (QED) is 0.422. The molecule has 1 nitrogen and oxygen atoms in total. The van der Waals surface area contributed by atoms with Gasteiger partial charge in [-0.3, -0.25) is 0 Å². The van der Waals surface area contributed by atoms with Gasteiger partial charge in [0.2, 0.25) is 0 Å². The molecule has 0 amide bonds. The maximum absolute atomic E-state index is 10.3. The molecular formula is C8H7BO. The van der Waals surface area contributed by atoms with E-state index in [1.165, 1.54) is 0 Å². The van der Waals surface area contributed by atoms with Crippen molar-refractivity contribution in [2.24, 2.45) is 0 Å². The second-order valence-corrected chi connectivity index (χ2v) is 1.95. The maximum atomic E-state index is 10.3. The zero-order valence-corrected chi connectivity index (χ0v) is 5.58. The second-order valence-electron chi connectivity index (χ2n) is 1.95. The predicted molar refractivity (Wildman–Crippen MR) is 44.1 cm³/mol. The Kier molecular flexibility index (Phi) is 2.16. The average Bonchev–Trinajstić information content (AvgIpc) is 2.04. The number of carbonyl (C=O) groups excluding carboxylic acids is 1. The minimum absolute atomic E-state index is 0.692. The topological polar surface area (TPSA) is 17.1 Å². The molecule has 0 saturated carbocycles. The molecule has 0 aliphatic rings. The van der Waals surface area contributed by atoms with Crippen LogP contribution in [-0.4, -0.2) is 19.7 Å². The monoisotopic (exact) mass is 130 g/mol. The fraction of sp³-hybridized carbons (Fsp3) is 0. The zero-order valence-electron chi connectivity index (χ0n) is 5.58. The molecule has 1 rings (SSSR count). The summed E-state index contributed by atoms with van der Waals surface area (Å²) >= 11 is 0. The molecule has 0 aromatic heterocycles.